The molecule has 1 aromatic rings. The largest absolute Gasteiger partial charge is 0.371 e. The molecule has 0 spiro atoms. The van der Waals surface area contributed by atoms with Gasteiger partial charge >= 0.3 is 0 Å². The first-order chi connectivity index (χ1) is 9.74. The maximum absolute atomic E-state index is 12.1. The first-order valence-electron chi connectivity index (χ1n) is 7.77. The van der Waals surface area contributed by atoms with E-state index in [4.69, 9.17) is 0 Å². The summed E-state index contributed by atoms with van der Waals surface area (Å²) in [6, 6.07) is 1.71. The van der Waals surface area contributed by atoms with E-state index < -0.39 is 0 Å². The Kier molecular flexibility index (Phi) is 5.59. The van der Waals surface area contributed by atoms with Crippen LogP contribution in [0, 0.1) is 5.92 Å². The summed E-state index contributed by atoms with van der Waals surface area (Å²) in [5.74, 6) is 0.680. The van der Waals surface area contributed by atoms with Gasteiger partial charge in [0.25, 0.3) is 5.56 Å². The van der Waals surface area contributed by atoms with E-state index in [1.54, 1.807) is 10.7 Å². The van der Waals surface area contributed by atoms with Crippen molar-refractivity contribution < 1.29 is 0 Å². The number of hydrogen-bond donors (Lipinski definition) is 1. The van der Waals surface area contributed by atoms with Crippen molar-refractivity contribution in [3.63, 3.8) is 0 Å². The SMILES string of the molecule is CCN(CC)c1cnn(CCC2CCCNC2)c(=O)c1. The van der Waals surface area contributed by atoms with Crippen molar-refractivity contribution in [3.05, 3.63) is 22.6 Å². The maximum Gasteiger partial charge on any atom is 0.268 e. The molecule has 1 N–H and O–H groups in total. The van der Waals surface area contributed by atoms with Crippen molar-refractivity contribution in [1.29, 1.82) is 0 Å². The third-order valence-corrected chi connectivity index (χ3v) is 4.13. The molecule has 1 aliphatic rings. The van der Waals surface area contributed by atoms with Crippen LogP contribution in [0.4, 0.5) is 5.69 Å². The fraction of sp³-hybridized carbons (Fsp3) is 0.733. The fourth-order valence-electron chi connectivity index (χ4n) is 2.83. The van der Waals surface area contributed by atoms with Crippen LogP contribution < -0.4 is 15.8 Å². The van der Waals surface area contributed by atoms with Gasteiger partial charge < -0.3 is 10.2 Å². The molecule has 0 bridgehead atoms. The van der Waals surface area contributed by atoms with Crippen LogP contribution >= 0.6 is 0 Å². The van der Waals surface area contributed by atoms with Gasteiger partial charge in [-0.2, -0.15) is 5.10 Å². The van der Waals surface area contributed by atoms with Gasteiger partial charge in [0.1, 0.15) is 0 Å². The van der Waals surface area contributed by atoms with E-state index in [1.807, 2.05) is 6.20 Å². The summed E-state index contributed by atoms with van der Waals surface area (Å²) in [4.78, 5) is 14.2. The lowest BCUT2D eigenvalue weighted by Gasteiger charge is -2.23. The highest BCUT2D eigenvalue weighted by Crippen LogP contribution is 2.14. The monoisotopic (exact) mass is 278 g/mol. The van der Waals surface area contributed by atoms with Crippen molar-refractivity contribution >= 4 is 5.69 Å². The number of anilines is 1. The number of rotatable bonds is 6. The van der Waals surface area contributed by atoms with Crippen LogP contribution in [0.3, 0.4) is 0 Å². The van der Waals surface area contributed by atoms with Crippen LogP contribution in [-0.2, 0) is 6.54 Å². The van der Waals surface area contributed by atoms with Crippen molar-refractivity contribution in [3.8, 4) is 0 Å². The summed E-state index contributed by atoms with van der Waals surface area (Å²) < 4.78 is 1.60. The second kappa shape index (κ2) is 7.43. The van der Waals surface area contributed by atoms with E-state index in [-0.39, 0.29) is 5.56 Å². The standard InChI is InChI=1S/C15H26N4O/c1-3-18(4-2)14-10-15(20)19(17-12-14)9-7-13-6-5-8-16-11-13/h10,12-13,16H,3-9,11H2,1-2H3. The van der Waals surface area contributed by atoms with Gasteiger partial charge in [-0.05, 0) is 52.1 Å². The van der Waals surface area contributed by atoms with Crippen LogP contribution in [0.5, 0.6) is 0 Å². The van der Waals surface area contributed by atoms with Crippen LogP contribution in [0.25, 0.3) is 0 Å². The molecule has 1 atom stereocenters. The molecule has 112 valence electrons. The third kappa shape index (κ3) is 3.82. The Balaban J connectivity index is 1.97. The second-order valence-electron chi connectivity index (χ2n) is 5.45. The average Bonchev–Trinajstić information content (AvgIpc) is 2.49. The molecular formula is C15H26N4O. The Morgan fingerprint density at radius 2 is 2.25 bits per heavy atom. The Bertz CT molecular complexity index is 461. The Morgan fingerprint density at radius 1 is 1.45 bits per heavy atom. The van der Waals surface area contributed by atoms with Gasteiger partial charge in [0.15, 0.2) is 0 Å². The van der Waals surface area contributed by atoms with Crippen LogP contribution in [-0.4, -0.2) is 36.0 Å². The zero-order chi connectivity index (χ0) is 14.4. The third-order valence-electron chi connectivity index (χ3n) is 4.13. The first kappa shape index (κ1) is 15.0. The molecule has 5 heteroatoms. The molecule has 2 rings (SSSR count). The van der Waals surface area contributed by atoms with Gasteiger partial charge in [-0.25, -0.2) is 4.68 Å². The van der Waals surface area contributed by atoms with E-state index in [9.17, 15) is 4.79 Å². The molecule has 0 saturated carbocycles. The van der Waals surface area contributed by atoms with Gasteiger partial charge in [-0.3, -0.25) is 4.79 Å². The predicted molar refractivity (Wildman–Crippen MR) is 82.3 cm³/mol. The highest BCUT2D eigenvalue weighted by atomic mass is 16.1. The van der Waals surface area contributed by atoms with Gasteiger partial charge in [-0.15, -0.1) is 0 Å². The lowest BCUT2D eigenvalue weighted by atomic mass is 9.96. The Labute approximate surface area is 121 Å². The molecule has 20 heavy (non-hydrogen) atoms. The predicted octanol–water partition coefficient (Wildman–Crippen LogP) is 1.48. The summed E-state index contributed by atoms with van der Waals surface area (Å²) in [7, 11) is 0. The molecule has 0 aliphatic carbocycles. The molecule has 0 aromatic carbocycles. The summed E-state index contributed by atoms with van der Waals surface area (Å²) in [6.45, 7) is 8.91. The van der Waals surface area contributed by atoms with Crippen molar-refractivity contribution in [2.24, 2.45) is 5.92 Å². The second-order valence-corrected chi connectivity index (χ2v) is 5.45. The number of nitrogens with one attached hydrogen (secondary N) is 1. The topological polar surface area (TPSA) is 50.2 Å². The first-order valence-corrected chi connectivity index (χ1v) is 7.77. The zero-order valence-corrected chi connectivity index (χ0v) is 12.6. The van der Waals surface area contributed by atoms with E-state index >= 15 is 0 Å². The lowest BCUT2D eigenvalue weighted by molar-refractivity contribution is 0.332. The normalized spacial score (nSPS) is 19.0. The summed E-state index contributed by atoms with van der Waals surface area (Å²) in [6.07, 6.45) is 5.35. The molecule has 1 aromatic heterocycles. The average molecular weight is 278 g/mol. The van der Waals surface area contributed by atoms with E-state index in [0.717, 1.165) is 44.8 Å². The zero-order valence-electron chi connectivity index (χ0n) is 12.6. The molecule has 1 saturated heterocycles. The smallest absolute Gasteiger partial charge is 0.268 e. The van der Waals surface area contributed by atoms with Gasteiger partial charge in [-0.1, -0.05) is 0 Å². The molecule has 5 nitrogen and oxygen atoms in total. The summed E-state index contributed by atoms with van der Waals surface area (Å²) in [5, 5.41) is 7.73. The van der Waals surface area contributed by atoms with Crippen molar-refractivity contribution in [2.75, 3.05) is 31.1 Å². The maximum atomic E-state index is 12.1. The highest BCUT2D eigenvalue weighted by molar-refractivity contribution is 5.42. The molecular weight excluding hydrogens is 252 g/mol. The number of aromatic nitrogens is 2. The van der Waals surface area contributed by atoms with Gasteiger partial charge in [0.2, 0.25) is 0 Å². The molecule has 1 aliphatic heterocycles. The molecule has 0 amide bonds. The van der Waals surface area contributed by atoms with E-state index in [2.05, 4.69) is 29.2 Å². The quantitative estimate of drug-likeness (QED) is 0.856. The van der Waals surface area contributed by atoms with E-state index in [0.29, 0.717) is 5.92 Å². The minimum Gasteiger partial charge on any atom is -0.371 e. The van der Waals surface area contributed by atoms with Gasteiger partial charge in [0.05, 0.1) is 11.9 Å². The molecule has 1 fully saturated rings. The Hall–Kier alpha value is -1.36. The highest BCUT2D eigenvalue weighted by Gasteiger charge is 2.13. The number of aryl methyl sites for hydroxylation is 1. The fourth-order valence-corrected chi connectivity index (χ4v) is 2.83. The summed E-state index contributed by atoms with van der Waals surface area (Å²) >= 11 is 0. The van der Waals surface area contributed by atoms with Crippen LogP contribution in [0.15, 0.2) is 17.1 Å². The Morgan fingerprint density at radius 3 is 2.85 bits per heavy atom. The van der Waals surface area contributed by atoms with Crippen molar-refractivity contribution in [1.82, 2.24) is 15.1 Å². The minimum absolute atomic E-state index is 0.0122. The molecule has 2 heterocycles. The van der Waals surface area contributed by atoms with Crippen LogP contribution in [0.1, 0.15) is 33.1 Å². The van der Waals surface area contributed by atoms with Gasteiger partial charge in [0, 0.05) is 25.7 Å². The van der Waals surface area contributed by atoms with Crippen molar-refractivity contribution in [2.45, 2.75) is 39.7 Å². The number of piperidine rings is 1. The lowest BCUT2D eigenvalue weighted by Crippen LogP contribution is -2.32. The van der Waals surface area contributed by atoms with Crippen LogP contribution in [0.2, 0.25) is 0 Å². The molecule has 1 unspecified atom stereocenters. The summed E-state index contributed by atoms with van der Waals surface area (Å²) in [5.41, 5.74) is 0.939. The van der Waals surface area contributed by atoms with E-state index in [1.165, 1.54) is 12.8 Å². The molecule has 0 radical (unpaired) electrons. The number of hydrogen-bond acceptors (Lipinski definition) is 4. The minimum atomic E-state index is 0.0122. The number of nitrogens with zero attached hydrogens (tertiary/aromatic N) is 3.